The van der Waals surface area contributed by atoms with Crippen LogP contribution in [0.3, 0.4) is 0 Å². The van der Waals surface area contributed by atoms with E-state index in [0.29, 0.717) is 0 Å². The molecule has 2 rings (SSSR count). The average Bonchev–Trinajstić information content (AvgIpc) is 2.40. The Bertz CT molecular complexity index is 472. The fourth-order valence-electron chi connectivity index (χ4n) is 1.48. The van der Waals surface area contributed by atoms with E-state index < -0.39 is 23.5 Å². The van der Waals surface area contributed by atoms with Crippen LogP contribution in [0.4, 0.5) is 13.2 Å². The average molecular weight is 344 g/mol. The summed E-state index contributed by atoms with van der Waals surface area (Å²) in [5, 5.41) is 9.46. The number of hydrogen-bond acceptors (Lipinski definition) is 3. The van der Waals surface area contributed by atoms with Crippen LogP contribution in [0.15, 0.2) is 18.2 Å². The van der Waals surface area contributed by atoms with Crippen molar-refractivity contribution in [3.8, 4) is 0 Å². The number of esters is 1. The van der Waals surface area contributed by atoms with Gasteiger partial charge in [-0.1, -0.05) is 6.07 Å². The quantitative estimate of drug-likeness (QED) is 0.580. The van der Waals surface area contributed by atoms with Crippen molar-refractivity contribution in [1.82, 2.24) is 0 Å². The van der Waals surface area contributed by atoms with Gasteiger partial charge in [0.25, 0.3) is 0 Å². The lowest BCUT2D eigenvalue weighted by molar-refractivity contribution is -0.349. The molecule has 1 aromatic carbocycles. The van der Waals surface area contributed by atoms with Crippen molar-refractivity contribution in [2.45, 2.75) is 12.0 Å². The first-order valence-electron chi connectivity index (χ1n) is 4.09. The molecule has 1 atom stereocenters. The Morgan fingerprint density at radius 3 is 2.56 bits per heavy atom. The fraction of sp³-hybridized carbons (Fsp3) is 0.222. The van der Waals surface area contributed by atoms with Gasteiger partial charge in [0.15, 0.2) is 0 Å². The summed E-state index contributed by atoms with van der Waals surface area (Å²) in [5.41, 5.74) is -0.792. The number of ether oxygens (including phenoxy) is 1. The minimum atomic E-state index is -5.06. The number of benzene rings is 1. The standard InChI is InChI=1S/C9H4F3IO3/c10-9(11,12)8(15)6-4(7(14)16-8)2-1-3-5(6)13/h1-3,15H/t8-/m0/s1. The molecule has 1 aliphatic rings. The van der Waals surface area contributed by atoms with Gasteiger partial charge in [0.2, 0.25) is 0 Å². The lowest BCUT2D eigenvalue weighted by Crippen LogP contribution is -2.42. The fourth-order valence-corrected chi connectivity index (χ4v) is 2.34. The molecule has 1 aromatic rings. The summed E-state index contributed by atoms with van der Waals surface area (Å²) in [5.74, 6) is -4.70. The third-order valence-corrected chi connectivity index (χ3v) is 3.10. The van der Waals surface area contributed by atoms with Crippen molar-refractivity contribution < 1.29 is 27.8 Å². The molecule has 0 amide bonds. The zero-order valence-corrected chi connectivity index (χ0v) is 9.67. The summed E-state index contributed by atoms with van der Waals surface area (Å²) in [7, 11) is 0. The van der Waals surface area contributed by atoms with Gasteiger partial charge in [-0.3, -0.25) is 0 Å². The van der Waals surface area contributed by atoms with Crippen molar-refractivity contribution in [1.29, 1.82) is 0 Å². The summed E-state index contributed by atoms with van der Waals surface area (Å²) in [6, 6.07) is 3.96. The molecule has 3 nitrogen and oxygen atoms in total. The molecule has 0 radical (unpaired) electrons. The van der Waals surface area contributed by atoms with Gasteiger partial charge in [0.05, 0.1) is 11.1 Å². The highest BCUT2D eigenvalue weighted by atomic mass is 127. The molecule has 86 valence electrons. The number of rotatable bonds is 0. The van der Waals surface area contributed by atoms with Gasteiger partial charge in [-0.05, 0) is 34.7 Å². The molecule has 16 heavy (non-hydrogen) atoms. The van der Waals surface area contributed by atoms with Crippen molar-refractivity contribution in [2.24, 2.45) is 0 Å². The lowest BCUT2D eigenvalue weighted by atomic mass is 10.0. The van der Waals surface area contributed by atoms with Gasteiger partial charge in [0.1, 0.15) is 0 Å². The largest absolute Gasteiger partial charge is 0.460 e. The maximum Gasteiger partial charge on any atom is 0.460 e. The molecular formula is C9H4F3IO3. The van der Waals surface area contributed by atoms with Crippen molar-refractivity contribution >= 4 is 28.6 Å². The second kappa shape index (κ2) is 3.33. The van der Waals surface area contributed by atoms with E-state index in [4.69, 9.17) is 0 Å². The Morgan fingerprint density at radius 2 is 2.00 bits per heavy atom. The molecule has 7 heteroatoms. The maximum absolute atomic E-state index is 12.6. The van der Waals surface area contributed by atoms with E-state index in [2.05, 4.69) is 4.74 Å². The van der Waals surface area contributed by atoms with Crippen LogP contribution >= 0.6 is 22.6 Å². The van der Waals surface area contributed by atoms with Crippen molar-refractivity contribution in [2.75, 3.05) is 0 Å². The smallest absolute Gasteiger partial charge is 0.415 e. The Labute approximate surface area is 101 Å². The molecular weight excluding hydrogens is 340 g/mol. The van der Waals surface area contributed by atoms with Gasteiger partial charge >= 0.3 is 17.9 Å². The third-order valence-electron chi connectivity index (χ3n) is 2.20. The third kappa shape index (κ3) is 1.41. The molecule has 1 N–H and O–H groups in total. The van der Waals surface area contributed by atoms with Gasteiger partial charge in [-0.15, -0.1) is 0 Å². The van der Waals surface area contributed by atoms with Crippen LogP contribution < -0.4 is 0 Å². The van der Waals surface area contributed by atoms with Crippen molar-refractivity contribution in [3.05, 3.63) is 32.9 Å². The van der Waals surface area contributed by atoms with Gasteiger partial charge < -0.3 is 9.84 Å². The number of carbonyl (C=O) groups is 1. The summed E-state index contributed by atoms with van der Waals surface area (Å²) < 4.78 is 42.1. The summed E-state index contributed by atoms with van der Waals surface area (Å²) in [6.07, 6.45) is -5.06. The SMILES string of the molecule is O=C1O[C@](O)(C(F)(F)F)c2c(I)cccc21. The van der Waals surface area contributed by atoms with E-state index in [0.717, 1.165) is 0 Å². The molecule has 0 aliphatic carbocycles. The highest BCUT2D eigenvalue weighted by molar-refractivity contribution is 14.1. The van der Waals surface area contributed by atoms with Gasteiger partial charge in [0, 0.05) is 3.57 Å². The van der Waals surface area contributed by atoms with Crippen LogP contribution in [0.1, 0.15) is 15.9 Å². The topological polar surface area (TPSA) is 46.5 Å². The van der Waals surface area contributed by atoms with E-state index in [-0.39, 0.29) is 9.13 Å². The number of carbonyl (C=O) groups excluding carboxylic acids is 1. The Balaban J connectivity index is 2.72. The number of cyclic esters (lactones) is 1. The number of halogens is 4. The second-order valence-electron chi connectivity index (χ2n) is 3.19. The highest BCUT2D eigenvalue weighted by Gasteiger charge is 2.64. The number of fused-ring (bicyclic) bond motifs is 1. The van der Waals surface area contributed by atoms with E-state index in [1.807, 2.05) is 0 Å². The molecule has 1 heterocycles. The second-order valence-corrected chi connectivity index (χ2v) is 4.36. The molecule has 1 aliphatic heterocycles. The normalized spacial score (nSPS) is 24.2. The summed E-state index contributed by atoms with van der Waals surface area (Å²) in [6.45, 7) is 0. The number of hydrogen-bond donors (Lipinski definition) is 1. The van der Waals surface area contributed by atoms with Crippen LogP contribution in [-0.4, -0.2) is 17.3 Å². The number of alkyl halides is 3. The van der Waals surface area contributed by atoms with Crippen LogP contribution in [0.2, 0.25) is 0 Å². The molecule has 0 saturated carbocycles. The predicted molar refractivity (Wildman–Crippen MR) is 54.5 cm³/mol. The van der Waals surface area contributed by atoms with Crippen LogP contribution in [-0.2, 0) is 10.5 Å². The van der Waals surface area contributed by atoms with Crippen LogP contribution in [0.5, 0.6) is 0 Å². The lowest BCUT2D eigenvalue weighted by Gasteiger charge is -2.25. The minimum absolute atomic E-state index is 0.126. The highest BCUT2D eigenvalue weighted by Crippen LogP contribution is 2.47. The Hall–Kier alpha value is -0.830. The molecule has 0 fully saturated rings. The first kappa shape index (κ1) is 11.6. The summed E-state index contributed by atoms with van der Waals surface area (Å²) in [4.78, 5) is 11.2. The molecule has 0 unspecified atom stereocenters. The zero-order valence-electron chi connectivity index (χ0n) is 7.51. The monoisotopic (exact) mass is 344 g/mol. The first-order chi connectivity index (χ1) is 7.27. The molecule has 0 bridgehead atoms. The van der Waals surface area contributed by atoms with Gasteiger partial charge in [-0.2, -0.15) is 13.2 Å². The zero-order chi connectivity index (χ0) is 12.1. The van der Waals surface area contributed by atoms with Gasteiger partial charge in [-0.25, -0.2) is 4.79 Å². The van der Waals surface area contributed by atoms with Crippen molar-refractivity contribution in [3.63, 3.8) is 0 Å². The van der Waals surface area contributed by atoms with Crippen LogP contribution in [0.25, 0.3) is 0 Å². The van der Waals surface area contributed by atoms with E-state index in [1.165, 1.54) is 18.2 Å². The molecule has 0 spiro atoms. The molecule has 0 saturated heterocycles. The molecule has 0 aromatic heterocycles. The summed E-state index contributed by atoms with van der Waals surface area (Å²) >= 11 is 1.61. The first-order valence-corrected chi connectivity index (χ1v) is 5.16. The maximum atomic E-state index is 12.6. The Kier molecular flexibility index (Phi) is 2.42. The number of aliphatic hydroxyl groups is 1. The minimum Gasteiger partial charge on any atom is -0.415 e. The van der Waals surface area contributed by atoms with E-state index in [1.54, 1.807) is 22.6 Å². The Morgan fingerprint density at radius 1 is 1.38 bits per heavy atom. The van der Waals surface area contributed by atoms with Crippen LogP contribution in [0, 0.1) is 3.57 Å². The van der Waals surface area contributed by atoms with E-state index >= 15 is 0 Å². The predicted octanol–water partition coefficient (Wildman–Crippen LogP) is 2.17. The van der Waals surface area contributed by atoms with E-state index in [9.17, 15) is 23.1 Å².